The van der Waals surface area contributed by atoms with E-state index in [9.17, 15) is 0 Å². The highest BCUT2D eigenvalue weighted by Gasteiger charge is 2.29. The predicted molar refractivity (Wildman–Crippen MR) is 89.7 cm³/mol. The fourth-order valence-electron chi connectivity index (χ4n) is 1.52. The van der Waals surface area contributed by atoms with Crippen molar-refractivity contribution in [1.29, 1.82) is 0 Å². The van der Waals surface area contributed by atoms with Crippen LogP contribution in [0.25, 0.3) is 0 Å². The fourth-order valence-corrected chi connectivity index (χ4v) is 9.83. The molecule has 0 radical (unpaired) electrons. The van der Waals surface area contributed by atoms with Gasteiger partial charge in [0.25, 0.3) is 0 Å². The van der Waals surface area contributed by atoms with Crippen molar-refractivity contribution in [1.82, 2.24) is 0 Å². The zero-order chi connectivity index (χ0) is 16.1. The Hall–Kier alpha value is -0.846. The Morgan fingerprint density at radius 2 is 1.14 bits per heavy atom. The van der Waals surface area contributed by atoms with E-state index in [2.05, 4.69) is 46.6 Å². The molecular weight excluding hydrogens is 304 g/mol. The minimum absolute atomic E-state index is 0. The van der Waals surface area contributed by atoms with Gasteiger partial charge in [0.1, 0.15) is 0 Å². The third-order valence-electron chi connectivity index (χ3n) is 1.91. The summed E-state index contributed by atoms with van der Waals surface area (Å²) in [5.74, 6) is 0.817. The van der Waals surface area contributed by atoms with Crippen molar-refractivity contribution in [3.05, 3.63) is 0 Å². The van der Waals surface area contributed by atoms with Crippen molar-refractivity contribution >= 4 is 28.9 Å². The second-order valence-corrected chi connectivity index (χ2v) is 15.1. The van der Waals surface area contributed by atoms with Crippen LogP contribution in [0.3, 0.4) is 0 Å². The molecule has 0 aliphatic heterocycles. The molecule has 0 saturated heterocycles. The second-order valence-electron chi connectivity index (χ2n) is 6.07. The monoisotopic (exact) mass is 338 g/mol. The van der Waals surface area contributed by atoms with E-state index in [-0.39, 0.29) is 27.2 Å². The van der Waals surface area contributed by atoms with Crippen LogP contribution in [0, 0.1) is 5.92 Å². The van der Waals surface area contributed by atoms with E-state index in [1.165, 1.54) is 12.5 Å². The van der Waals surface area contributed by atoms with Crippen LogP contribution in [-0.4, -0.2) is 28.9 Å². The summed E-state index contributed by atoms with van der Waals surface area (Å²) in [6.07, 6.45) is 1.82. The van der Waals surface area contributed by atoms with Gasteiger partial charge in [-0.3, -0.25) is 0 Å². The zero-order valence-corrected chi connectivity index (χ0v) is 15.0. The van der Waals surface area contributed by atoms with Crippen LogP contribution in [0.5, 0.6) is 0 Å². The maximum Gasteiger partial charge on any atom is 0.373 e. The Morgan fingerprint density at radius 3 is 1.33 bits per heavy atom. The van der Waals surface area contributed by atoms with Gasteiger partial charge in [0, 0.05) is 0 Å². The van der Waals surface area contributed by atoms with Crippen molar-refractivity contribution in [2.75, 3.05) is 0 Å². The van der Waals surface area contributed by atoms with E-state index >= 15 is 0 Å². The molecule has 0 aromatic rings. The summed E-state index contributed by atoms with van der Waals surface area (Å²) in [5, 5.41) is 0. The van der Waals surface area contributed by atoms with Crippen LogP contribution >= 0.6 is 0 Å². The smallest absolute Gasteiger partial charge is 0.373 e. The van der Waals surface area contributed by atoms with Crippen molar-refractivity contribution in [2.45, 2.75) is 73.9 Å². The van der Waals surface area contributed by atoms with E-state index in [4.69, 9.17) is 23.3 Å². The van der Waals surface area contributed by atoms with Gasteiger partial charge in [0.2, 0.25) is 0 Å². The SMILES string of the molecule is C.C.CC(C)CC[Si](C)(C)O[Si](C)(C)C.O=C=O.O=C=O. The van der Waals surface area contributed by atoms with E-state index in [0.717, 1.165) is 5.92 Å². The maximum absolute atomic E-state index is 8.12. The Kier molecular flexibility index (Phi) is 26.4. The standard InChI is InChI=1S/C10H26OSi2.2CO2.2CH4/c1-10(2)8-9-13(6,7)11-12(3,4)5;2*2-1-3;;/h10H,8-9H2,1-7H3;;;2*1H4. The summed E-state index contributed by atoms with van der Waals surface area (Å²) < 4.78 is 6.25. The summed E-state index contributed by atoms with van der Waals surface area (Å²) in [6, 6.07) is 1.31. The van der Waals surface area contributed by atoms with Gasteiger partial charge in [0.05, 0.1) is 0 Å². The highest BCUT2D eigenvalue weighted by Crippen LogP contribution is 2.21. The topological polar surface area (TPSA) is 77.5 Å². The molecule has 0 fully saturated rings. The van der Waals surface area contributed by atoms with Gasteiger partial charge in [-0.2, -0.15) is 19.2 Å². The quantitative estimate of drug-likeness (QED) is 0.702. The predicted octanol–water partition coefficient (Wildman–Crippen LogP) is 4.19. The molecule has 0 bridgehead atoms. The van der Waals surface area contributed by atoms with Gasteiger partial charge < -0.3 is 4.12 Å². The molecule has 0 rings (SSSR count). The molecule has 0 aromatic heterocycles. The number of hydrogen-bond donors (Lipinski definition) is 0. The lowest BCUT2D eigenvalue weighted by Crippen LogP contribution is -2.42. The molecule has 21 heavy (non-hydrogen) atoms. The normalized spacial score (nSPS) is 9.33. The molecule has 7 heteroatoms. The van der Waals surface area contributed by atoms with Gasteiger partial charge >= 0.3 is 12.3 Å². The van der Waals surface area contributed by atoms with Crippen molar-refractivity contribution in [2.24, 2.45) is 5.92 Å². The van der Waals surface area contributed by atoms with E-state index in [0.29, 0.717) is 0 Å². The average Bonchev–Trinajstić information content (AvgIpc) is 2.13. The summed E-state index contributed by atoms with van der Waals surface area (Å²) in [6.45, 7) is 16.2. The maximum atomic E-state index is 8.12. The van der Waals surface area contributed by atoms with Crippen molar-refractivity contribution in [3.8, 4) is 0 Å². The van der Waals surface area contributed by atoms with Gasteiger partial charge in [-0.15, -0.1) is 0 Å². The first-order valence-electron chi connectivity index (χ1n) is 6.14. The number of rotatable bonds is 5. The third kappa shape index (κ3) is 45.3. The second kappa shape index (κ2) is 17.2. The molecule has 0 heterocycles. The molecule has 0 aliphatic rings. The Labute approximate surface area is 132 Å². The molecule has 0 saturated carbocycles. The Morgan fingerprint density at radius 1 is 0.857 bits per heavy atom. The molecule has 5 nitrogen and oxygen atoms in total. The van der Waals surface area contributed by atoms with E-state index in [1.54, 1.807) is 0 Å². The first-order valence-corrected chi connectivity index (χ1v) is 12.7. The van der Waals surface area contributed by atoms with Crippen LogP contribution in [0.4, 0.5) is 0 Å². The molecule has 0 amide bonds. The number of hydrogen-bond acceptors (Lipinski definition) is 5. The highest BCUT2D eigenvalue weighted by molar-refractivity contribution is 6.84. The minimum atomic E-state index is -1.34. The van der Waals surface area contributed by atoms with Gasteiger partial charge in [0.15, 0.2) is 16.6 Å². The first-order chi connectivity index (χ1) is 8.45. The van der Waals surface area contributed by atoms with Crippen LogP contribution in [0.1, 0.15) is 35.1 Å². The summed E-state index contributed by atoms with van der Waals surface area (Å²) >= 11 is 0. The van der Waals surface area contributed by atoms with Gasteiger partial charge in [-0.05, 0) is 44.7 Å². The van der Waals surface area contributed by atoms with Crippen molar-refractivity contribution < 1.29 is 23.3 Å². The fraction of sp³-hybridized carbons (Fsp3) is 0.857. The third-order valence-corrected chi connectivity index (χ3v) is 8.06. The van der Waals surface area contributed by atoms with E-state index < -0.39 is 16.6 Å². The van der Waals surface area contributed by atoms with E-state index in [1.807, 2.05) is 0 Å². The minimum Gasteiger partial charge on any atom is -0.456 e. The van der Waals surface area contributed by atoms with Crippen molar-refractivity contribution in [3.63, 3.8) is 0 Å². The Bertz CT molecular complexity index is 272. The molecule has 0 spiro atoms. The number of carbonyl (C=O) groups excluding carboxylic acids is 4. The largest absolute Gasteiger partial charge is 0.456 e. The summed E-state index contributed by atoms with van der Waals surface area (Å²) in [7, 11) is -2.64. The molecule has 0 N–H and O–H groups in total. The first kappa shape index (κ1) is 32.2. The Balaban J connectivity index is -0.0000000919. The van der Waals surface area contributed by atoms with Gasteiger partial charge in [-0.25, -0.2) is 0 Å². The molecule has 0 unspecified atom stereocenters. The summed E-state index contributed by atoms with van der Waals surface area (Å²) in [4.78, 5) is 32.5. The molecule has 128 valence electrons. The lowest BCUT2D eigenvalue weighted by molar-refractivity contribution is -0.193. The van der Waals surface area contributed by atoms with Crippen LogP contribution in [0.15, 0.2) is 0 Å². The highest BCUT2D eigenvalue weighted by atomic mass is 28.4. The van der Waals surface area contributed by atoms with Crippen LogP contribution in [-0.2, 0) is 23.3 Å². The summed E-state index contributed by atoms with van der Waals surface area (Å²) in [5.41, 5.74) is 0. The average molecular weight is 339 g/mol. The van der Waals surface area contributed by atoms with Gasteiger partial charge in [-0.1, -0.05) is 35.1 Å². The van der Waals surface area contributed by atoms with Crippen LogP contribution < -0.4 is 0 Å². The lowest BCUT2D eigenvalue weighted by Gasteiger charge is -2.32. The molecule has 0 aromatic carbocycles. The lowest BCUT2D eigenvalue weighted by atomic mass is 10.2. The molecule has 0 aliphatic carbocycles. The van der Waals surface area contributed by atoms with Crippen LogP contribution in [0.2, 0.25) is 38.8 Å². The zero-order valence-electron chi connectivity index (χ0n) is 13.0. The molecular formula is C14H34O5Si2. The molecule has 0 atom stereocenters.